The van der Waals surface area contributed by atoms with E-state index in [2.05, 4.69) is 70.0 Å². The normalized spacial score (nSPS) is 16.5. The molecule has 7 nitrogen and oxygen atoms in total. The molecule has 0 aliphatic carbocycles. The van der Waals surface area contributed by atoms with Crippen molar-refractivity contribution < 1.29 is 10.0 Å². The molecule has 0 saturated carbocycles. The first-order chi connectivity index (χ1) is 13.1. The quantitative estimate of drug-likeness (QED) is 0.622. The van der Waals surface area contributed by atoms with Crippen LogP contribution >= 0.6 is 0 Å². The summed E-state index contributed by atoms with van der Waals surface area (Å²) >= 11 is 0. The van der Waals surface area contributed by atoms with Crippen LogP contribution in [0.2, 0.25) is 0 Å². The monoisotopic (exact) mass is 367 g/mol. The van der Waals surface area contributed by atoms with E-state index in [1.807, 2.05) is 0 Å². The summed E-state index contributed by atoms with van der Waals surface area (Å²) in [6.45, 7) is 7.80. The van der Waals surface area contributed by atoms with Crippen LogP contribution in [-0.4, -0.2) is 58.2 Å². The molecule has 1 amide bonds. The molecular weight excluding hydrogens is 342 g/mol. The minimum Gasteiger partial charge on any atom is -0.338 e. The van der Waals surface area contributed by atoms with Crippen LogP contribution in [0.4, 0.5) is 5.95 Å². The molecule has 1 aromatic heterocycles. The highest BCUT2D eigenvalue weighted by atomic mass is 16.5. The summed E-state index contributed by atoms with van der Waals surface area (Å²) in [4.78, 5) is 24.3. The lowest BCUT2D eigenvalue weighted by Crippen LogP contribution is -2.49. The van der Waals surface area contributed by atoms with E-state index in [9.17, 15) is 4.79 Å². The molecule has 7 heteroatoms. The Balaban J connectivity index is 1.54. The van der Waals surface area contributed by atoms with E-state index in [0.717, 1.165) is 26.2 Å². The topological polar surface area (TPSA) is 81.6 Å². The van der Waals surface area contributed by atoms with Crippen molar-refractivity contribution in [1.29, 1.82) is 0 Å². The van der Waals surface area contributed by atoms with Crippen molar-refractivity contribution in [2.24, 2.45) is 0 Å². The molecule has 2 heterocycles. The predicted molar refractivity (Wildman–Crippen MR) is 105 cm³/mol. The maximum atomic E-state index is 11.3. The van der Waals surface area contributed by atoms with Crippen LogP contribution in [0.15, 0.2) is 42.7 Å². The van der Waals surface area contributed by atoms with Gasteiger partial charge in [0.2, 0.25) is 5.95 Å². The predicted octanol–water partition coefficient (Wildman–Crippen LogP) is 2.13. The van der Waals surface area contributed by atoms with Gasteiger partial charge in [0.25, 0.3) is 5.91 Å². The van der Waals surface area contributed by atoms with Gasteiger partial charge in [0, 0.05) is 44.6 Å². The van der Waals surface area contributed by atoms with Crippen LogP contribution in [0, 0.1) is 6.92 Å². The fourth-order valence-electron chi connectivity index (χ4n) is 3.14. The Labute approximate surface area is 159 Å². The number of nitrogens with zero attached hydrogens (tertiary/aromatic N) is 4. The first kappa shape index (κ1) is 19.0. The number of benzene rings is 1. The third-order valence-corrected chi connectivity index (χ3v) is 4.78. The number of rotatable bonds is 5. The van der Waals surface area contributed by atoms with Crippen LogP contribution in [0.3, 0.4) is 0 Å². The van der Waals surface area contributed by atoms with Crippen LogP contribution in [-0.2, 0) is 0 Å². The highest BCUT2D eigenvalue weighted by Crippen LogP contribution is 2.14. The zero-order valence-electron chi connectivity index (χ0n) is 15.7. The van der Waals surface area contributed by atoms with Crippen molar-refractivity contribution in [1.82, 2.24) is 20.3 Å². The molecule has 27 heavy (non-hydrogen) atoms. The standard InChI is InChI=1S/C20H25N5O2/c1-15-4-3-5-17(12-15)7-6-16(2)24-8-10-25(11-9-24)20-21-13-18(14-22-20)19(26)23-27/h3-7,12-14,16,27H,8-11H2,1-2H3,(H,23,26)/b7-6+. The van der Waals surface area contributed by atoms with Gasteiger partial charge in [-0.05, 0) is 19.4 Å². The van der Waals surface area contributed by atoms with Gasteiger partial charge in [0.1, 0.15) is 0 Å². The second kappa shape index (κ2) is 8.75. The van der Waals surface area contributed by atoms with E-state index < -0.39 is 5.91 Å². The van der Waals surface area contributed by atoms with Gasteiger partial charge >= 0.3 is 0 Å². The van der Waals surface area contributed by atoms with Crippen LogP contribution in [0.1, 0.15) is 28.4 Å². The summed E-state index contributed by atoms with van der Waals surface area (Å²) < 4.78 is 0. The maximum Gasteiger partial charge on any atom is 0.277 e. The van der Waals surface area contributed by atoms with Crippen molar-refractivity contribution >= 4 is 17.9 Å². The van der Waals surface area contributed by atoms with Crippen molar-refractivity contribution in [3.05, 3.63) is 59.4 Å². The van der Waals surface area contributed by atoms with Crippen molar-refractivity contribution in [2.45, 2.75) is 19.9 Å². The molecule has 1 aliphatic heterocycles. The summed E-state index contributed by atoms with van der Waals surface area (Å²) in [5.41, 5.74) is 4.30. The van der Waals surface area contributed by atoms with E-state index in [-0.39, 0.29) is 5.56 Å². The fourth-order valence-corrected chi connectivity index (χ4v) is 3.14. The van der Waals surface area contributed by atoms with E-state index >= 15 is 0 Å². The smallest absolute Gasteiger partial charge is 0.277 e. The number of carbonyl (C=O) groups excluding carboxylic acids is 1. The van der Waals surface area contributed by atoms with Crippen LogP contribution in [0.25, 0.3) is 6.08 Å². The minimum atomic E-state index is -0.611. The number of amides is 1. The largest absolute Gasteiger partial charge is 0.338 e. The third-order valence-electron chi connectivity index (χ3n) is 4.78. The SMILES string of the molecule is Cc1cccc(/C=C/C(C)N2CCN(c3ncc(C(=O)NO)cn3)CC2)c1. The van der Waals surface area contributed by atoms with Gasteiger partial charge in [-0.15, -0.1) is 0 Å². The first-order valence-electron chi connectivity index (χ1n) is 9.07. The molecular formula is C20H25N5O2. The molecule has 2 aromatic rings. The molecule has 1 unspecified atom stereocenters. The van der Waals surface area contributed by atoms with Gasteiger partial charge in [0.15, 0.2) is 0 Å². The number of nitrogens with one attached hydrogen (secondary N) is 1. The number of hydrogen-bond acceptors (Lipinski definition) is 6. The number of aryl methyl sites for hydroxylation is 1. The van der Waals surface area contributed by atoms with Gasteiger partial charge in [-0.1, -0.05) is 42.0 Å². The second-order valence-corrected chi connectivity index (χ2v) is 6.75. The number of carbonyl (C=O) groups is 1. The lowest BCUT2D eigenvalue weighted by Gasteiger charge is -2.37. The van der Waals surface area contributed by atoms with E-state index in [1.165, 1.54) is 23.5 Å². The number of aromatic nitrogens is 2. The zero-order chi connectivity index (χ0) is 19.2. The Kier molecular flexibility index (Phi) is 6.16. The molecule has 1 aromatic carbocycles. The van der Waals surface area contributed by atoms with Gasteiger partial charge in [-0.2, -0.15) is 0 Å². The van der Waals surface area contributed by atoms with Crippen molar-refractivity contribution in [2.75, 3.05) is 31.1 Å². The Hall–Kier alpha value is -2.77. The Bertz CT molecular complexity index is 798. The molecule has 0 spiro atoms. The van der Waals surface area contributed by atoms with Crippen LogP contribution < -0.4 is 10.4 Å². The molecule has 1 fully saturated rings. The first-order valence-corrected chi connectivity index (χ1v) is 9.07. The lowest BCUT2D eigenvalue weighted by molar-refractivity contribution is 0.0705. The average molecular weight is 367 g/mol. The highest BCUT2D eigenvalue weighted by molar-refractivity contribution is 5.92. The molecule has 1 saturated heterocycles. The molecule has 1 aliphatic rings. The molecule has 0 bridgehead atoms. The summed E-state index contributed by atoms with van der Waals surface area (Å²) in [6.07, 6.45) is 7.27. The second-order valence-electron chi connectivity index (χ2n) is 6.75. The van der Waals surface area contributed by atoms with E-state index in [4.69, 9.17) is 5.21 Å². The zero-order valence-corrected chi connectivity index (χ0v) is 15.7. The molecule has 3 rings (SSSR count). The number of hydrogen-bond donors (Lipinski definition) is 2. The maximum absolute atomic E-state index is 11.3. The average Bonchev–Trinajstić information content (AvgIpc) is 2.72. The summed E-state index contributed by atoms with van der Waals surface area (Å²) in [7, 11) is 0. The molecule has 1 atom stereocenters. The summed E-state index contributed by atoms with van der Waals surface area (Å²) in [5, 5.41) is 8.64. The van der Waals surface area contributed by atoms with Gasteiger partial charge < -0.3 is 4.90 Å². The Morgan fingerprint density at radius 1 is 1.22 bits per heavy atom. The summed E-state index contributed by atoms with van der Waals surface area (Å²) in [6, 6.07) is 8.83. The van der Waals surface area contributed by atoms with Gasteiger partial charge in [0.05, 0.1) is 5.56 Å². The number of anilines is 1. The Morgan fingerprint density at radius 3 is 2.56 bits per heavy atom. The molecule has 142 valence electrons. The van der Waals surface area contributed by atoms with Gasteiger partial charge in [-0.3, -0.25) is 14.9 Å². The van der Waals surface area contributed by atoms with E-state index in [1.54, 1.807) is 5.48 Å². The van der Waals surface area contributed by atoms with Crippen molar-refractivity contribution in [3.8, 4) is 0 Å². The lowest BCUT2D eigenvalue weighted by atomic mass is 10.1. The molecule has 2 N–H and O–H groups in total. The number of piperazine rings is 1. The van der Waals surface area contributed by atoms with E-state index in [0.29, 0.717) is 12.0 Å². The van der Waals surface area contributed by atoms with Crippen LogP contribution in [0.5, 0.6) is 0 Å². The molecule has 0 radical (unpaired) electrons. The minimum absolute atomic E-state index is 0.231. The fraction of sp³-hybridized carbons (Fsp3) is 0.350. The third kappa shape index (κ3) is 4.90. The number of hydroxylamine groups is 1. The highest BCUT2D eigenvalue weighted by Gasteiger charge is 2.21. The van der Waals surface area contributed by atoms with Crippen molar-refractivity contribution in [3.63, 3.8) is 0 Å². The van der Waals surface area contributed by atoms with Gasteiger partial charge in [-0.25, -0.2) is 15.4 Å². The Morgan fingerprint density at radius 2 is 1.93 bits per heavy atom. The summed E-state index contributed by atoms with van der Waals surface area (Å²) in [5.74, 6) is -0.00677.